The second-order valence-corrected chi connectivity index (χ2v) is 4.62. The summed E-state index contributed by atoms with van der Waals surface area (Å²) in [5.74, 6) is -1.20. The van der Waals surface area contributed by atoms with Crippen molar-refractivity contribution in [3.8, 4) is 0 Å². The van der Waals surface area contributed by atoms with Crippen LogP contribution in [0.15, 0.2) is 28.7 Å². The molecule has 5 nitrogen and oxygen atoms in total. The number of aliphatic carboxylic acids is 1. The maximum absolute atomic E-state index is 11.7. The molecule has 1 rings (SSSR count). The van der Waals surface area contributed by atoms with Gasteiger partial charge in [-0.05, 0) is 12.1 Å². The van der Waals surface area contributed by atoms with Crippen LogP contribution in [0.1, 0.15) is 16.8 Å². The summed E-state index contributed by atoms with van der Waals surface area (Å²) >= 11 is 3.27. The zero-order valence-electron chi connectivity index (χ0n) is 9.60. The van der Waals surface area contributed by atoms with Crippen LogP contribution in [0.2, 0.25) is 0 Å². The topological polar surface area (TPSA) is 86.6 Å². The molecule has 1 unspecified atom stereocenters. The van der Waals surface area contributed by atoms with E-state index in [-0.39, 0.29) is 18.7 Å². The van der Waals surface area contributed by atoms with E-state index in [9.17, 15) is 9.59 Å². The number of Topliss-reactive ketones (excluding diaryl/α,β-unsaturated/α-hetero) is 1. The third kappa shape index (κ3) is 4.56. The van der Waals surface area contributed by atoms with Gasteiger partial charge in [-0.15, -0.1) is 0 Å². The highest BCUT2D eigenvalue weighted by atomic mass is 79.9. The van der Waals surface area contributed by atoms with E-state index >= 15 is 0 Å². The molecule has 1 aromatic carbocycles. The Morgan fingerprint density at radius 2 is 1.89 bits per heavy atom. The monoisotopic (exact) mass is 315 g/mol. The summed E-state index contributed by atoms with van der Waals surface area (Å²) in [6.45, 7) is -0.284. The van der Waals surface area contributed by atoms with E-state index in [0.29, 0.717) is 5.56 Å². The highest BCUT2D eigenvalue weighted by Gasteiger charge is 2.15. The molecule has 0 heterocycles. The minimum Gasteiger partial charge on any atom is -0.480 e. The van der Waals surface area contributed by atoms with Gasteiger partial charge in [0.25, 0.3) is 0 Å². The van der Waals surface area contributed by atoms with Crippen LogP contribution in [0.4, 0.5) is 0 Å². The summed E-state index contributed by atoms with van der Waals surface area (Å²) in [7, 11) is 0. The van der Waals surface area contributed by atoms with Crippen molar-refractivity contribution in [1.82, 2.24) is 5.32 Å². The van der Waals surface area contributed by atoms with Gasteiger partial charge in [-0.25, -0.2) is 0 Å². The van der Waals surface area contributed by atoms with Crippen molar-refractivity contribution in [3.63, 3.8) is 0 Å². The molecule has 0 fully saturated rings. The molecule has 1 atom stereocenters. The third-order valence-electron chi connectivity index (χ3n) is 2.39. The second-order valence-electron chi connectivity index (χ2n) is 3.71. The number of hydrogen-bond acceptors (Lipinski definition) is 4. The molecule has 6 heteroatoms. The molecular formula is C12H14BrNO4. The first-order valence-corrected chi connectivity index (χ1v) is 6.19. The predicted octanol–water partition coefficient (Wildman–Crippen LogP) is 1.06. The summed E-state index contributed by atoms with van der Waals surface area (Å²) in [5, 5.41) is 20.1. The van der Waals surface area contributed by atoms with E-state index in [1.54, 1.807) is 24.3 Å². The Morgan fingerprint density at radius 3 is 2.39 bits per heavy atom. The van der Waals surface area contributed by atoms with Crippen LogP contribution in [0.25, 0.3) is 0 Å². The lowest BCUT2D eigenvalue weighted by atomic mass is 10.1. The number of carbonyl (C=O) groups is 2. The number of carboxylic acid groups (broad SMARTS) is 1. The zero-order valence-corrected chi connectivity index (χ0v) is 11.2. The number of carboxylic acids is 1. The smallest absolute Gasteiger partial charge is 0.323 e. The predicted molar refractivity (Wildman–Crippen MR) is 69.6 cm³/mol. The number of nitrogens with one attached hydrogen (secondary N) is 1. The molecule has 0 saturated heterocycles. The van der Waals surface area contributed by atoms with Gasteiger partial charge >= 0.3 is 5.97 Å². The van der Waals surface area contributed by atoms with Crippen LogP contribution < -0.4 is 5.32 Å². The standard InChI is InChI=1S/C12H14BrNO4/c13-9-3-1-8(2-4-9)11(16)5-6-14-10(7-15)12(17)18/h1-4,10,14-15H,5-7H2,(H,17,18). The Morgan fingerprint density at radius 1 is 1.28 bits per heavy atom. The lowest BCUT2D eigenvalue weighted by molar-refractivity contribution is -0.140. The van der Waals surface area contributed by atoms with Gasteiger partial charge in [-0.3, -0.25) is 9.59 Å². The van der Waals surface area contributed by atoms with Crippen molar-refractivity contribution in [2.75, 3.05) is 13.2 Å². The van der Waals surface area contributed by atoms with Crippen LogP contribution in [0, 0.1) is 0 Å². The van der Waals surface area contributed by atoms with Gasteiger partial charge in [-0.2, -0.15) is 0 Å². The van der Waals surface area contributed by atoms with E-state index in [1.807, 2.05) is 0 Å². The molecule has 0 radical (unpaired) electrons. The molecule has 0 bridgehead atoms. The highest BCUT2D eigenvalue weighted by Crippen LogP contribution is 2.11. The Labute approximate surface area is 113 Å². The molecule has 0 aliphatic carbocycles. The number of halogens is 1. The van der Waals surface area contributed by atoms with E-state index in [2.05, 4.69) is 21.2 Å². The van der Waals surface area contributed by atoms with Crippen LogP contribution in [0.3, 0.4) is 0 Å². The fourth-order valence-corrected chi connectivity index (χ4v) is 1.63. The normalized spacial score (nSPS) is 12.1. The van der Waals surface area contributed by atoms with Crippen LogP contribution in [-0.4, -0.2) is 41.2 Å². The van der Waals surface area contributed by atoms with Crippen LogP contribution in [0.5, 0.6) is 0 Å². The summed E-state index contributed by atoms with van der Waals surface area (Å²) in [6.07, 6.45) is 0.186. The fourth-order valence-electron chi connectivity index (χ4n) is 1.37. The molecule has 0 aliphatic rings. The molecule has 0 spiro atoms. The average molecular weight is 316 g/mol. The maximum Gasteiger partial charge on any atom is 0.323 e. The van der Waals surface area contributed by atoms with Gasteiger partial charge < -0.3 is 15.5 Å². The Balaban J connectivity index is 2.42. The average Bonchev–Trinajstić information content (AvgIpc) is 2.34. The molecule has 0 amide bonds. The number of aliphatic hydroxyl groups is 1. The molecule has 1 aromatic rings. The Bertz CT molecular complexity index is 419. The lowest BCUT2D eigenvalue weighted by Crippen LogP contribution is -2.40. The molecule has 3 N–H and O–H groups in total. The zero-order chi connectivity index (χ0) is 13.5. The Kier molecular flexibility index (Phi) is 5.97. The highest BCUT2D eigenvalue weighted by molar-refractivity contribution is 9.10. The van der Waals surface area contributed by atoms with Gasteiger partial charge in [0.15, 0.2) is 5.78 Å². The maximum atomic E-state index is 11.7. The minimum atomic E-state index is -1.13. The molecule has 0 saturated carbocycles. The third-order valence-corrected chi connectivity index (χ3v) is 2.92. The van der Waals surface area contributed by atoms with Crippen molar-refractivity contribution in [2.24, 2.45) is 0 Å². The first-order chi connectivity index (χ1) is 8.54. The largest absolute Gasteiger partial charge is 0.480 e. The summed E-state index contributed by atoms with van der Waals surface area (Å²) in [5.41, 5.74) is 0.580. The molecule has 98 valence electrons. The summed E-state index contributed by atoms with van der Waals surface area (Å²) < 4.78 is 0.892. The van der Waals surface area contributed by atoms with E-state index in [4.69, 9.17) is 10.2 Å². The number of benzene rings is 1. The van der Waals surface area contributed by atoms with Gasteiger partial charge in [0, 0.05) is 23.0 Å². The first-order valence-electron chi connectivity index (χ1n) is 5.40. The Hall–Kier alpha value is -1.24. The molecule has 18 heavy (non-hydrogen) atoms. The van der Waals surface area contributed by atoms with Crippen molar-refractivity contribution in [2.45, 2.75) is 12.5 Å². The second kappa shape index (κ2) is 7.25. The lowest BCUT2D eigenvalue weighted by Gasteiger charge is -2.10. The molecule has 0 aromatic heterocycles. The minimum absolute atomic E-state index is 0.0721. The van der Waals surface area contributed by atoms with Crippen LogP contribution >= 0.6 is 15.9 Å². The van der Waals surface area contributed by atoms with Gasteiger partial charge in [0.05, 0.1) is 6.61 Å². The van der Waals surface area contributed by atoms with Crippen molar-refractivity contribution >= 4 is 27.7 Å². The fraction of sp³-hybridized carbons (Fsp3) is 0.333. The van der Waals surface area contributed by atoms with Crippen molar-refractivity contribution in [1.29, 1.82) is 0 Å². The quantitative estimate of drug-likeness (QED) is 0.655. The number of aliphatic hydroxyl groups excluding tert-OH is 1. The molecular weight excluding hydrogens is 302 g/mol. The summed E-state index contributed by atoms with van der Waals surface area (Å²) in [6, 6.07) is 5.92. The van der Waals surface area contributed by atoms with Crippen LogP contribution in [-0.2, 0) is 4.79 Å². The van der Waals surface area contributed by atoms with Gasteiger partial charge in [0.2, 0.25) is 0 Å². The number of ketones is 1. The van der Waals surface area contributed by atoms with E-state index in [1.165, 1.54) is 0 Å². The van der Waals surface area contributed by atoms with Crippen molar-refractivity contribution < 1.29 is 19.8 Å². The van der Waals surface area contributed by atoms with Gasteiger partial charge in [-0.1, -0.05) is 28.1 Å². The number of hydrogen-bond donors (Lipinski definition) is 3. The first kappa shape index (κ1) is 14.8. The summed E-state index contributed by atoms with van der Waals surface area (Å²) in [4.78, 5) is 22.3. The molecule has 0 aliphatic heterocycles. The van der Waals surface area contributed by atoms with Crippen molar-refractivity contribution in [3.05, 3.63) is 34.3 Å². The van der Waals surface area contributed by atoms with E-state index in [0.717, 1.165) is 4.47 Å². The van der Waals surface area contributed by atoms with Gasteiger partial charge in [0.1, 0.15) is 6.04 Å². The number of rotatable bonds is 7. The SMILES string of the molecule is O=C(CCNC(CO)C(=O)O)c1ccc(Br)cc1. The number of carbonyl (C=O) groups excluding carboxylic acids is 1. The van der Waals surface area contributed by atoms with E-state index < -0.39 is 18.6 Å².